The van der Waals surface area contributed by atoms with Gasteiger partial charge in [0.05, 0.1) is 16.3 Å². The van der Waals surface area contributed by atoms with Gasteiger partial charge in [0.1, 0.15) is 5.82 Å². The van der Waals surface area contributed by atoms with Gasteiger partial charge in [-0.05, 0) is 19.8 Å². The first-order valence-electron chi connectivity index (χ1n) is 3.90. The molecule has 0 bridgehead atoms. The molecule has 1 aliphatic rings. The van der Waals surface area contributed by atoms with Crippen molar-refractivity contribution < 1.29 is 0 Å². The Morgan fingerprint density at radius 1 is 1.58 bits per heavy atom. The molecule has 2 rings (SSSR count). The molecule has 1 heterocycles. The van der Waals surface area contributed by atoms with E-state index in [2.05, 4.69) is 9.97 Å². The zero-order valence-electron chi connectivity index (χ0n) is 6.84. The average Bonchev–Trinajstić information content (AvgIpc) is 2.75. The lowest BCUT2D eigenvalue weighted by atomic mass is 10.2. The maximum absolute atomic E-state index is 5.96. The Bertz CT molecular complexity index is 320. The van der Waals surface area contributed by atoms with Crippen LogP contribution in [0, 0.1) is 6.92 Å². The second-order valence-electron chi connectivity index (χ2n) is 3.27. The Hall–Kier alpha value is -0.670. The molecule has 0 aliphatic heterocycles. The quantitative estimate of drug-likeness (QED) is 0.716. The predicted octanol–water partition coefficient (Wildman–Crippen LogP) is 1.39. The van der Waals surface area contributed by atoms with Crippen LogP contribution in [0.1, 0.15) is 24.4 Å². The van der Waals surface area contributed by atoms with Gasteiger partial charge in [0.25, 0.3) is 0 Å². The van der Waals surface area contributed by atoms with Crippen molar-refractivity contribution in [2.45, 2.75) is 25.3 Å². The lowest BCUT2D eigenvalue weighted by Gasteiger charge is -2.09. The first-order valence-corrected chi connectivity index (χ1v) is 4.28. The number of nitrogens with zero attached hydrogens (tertiary/aromatic N) is 2. The van der Waals surface area contributed by atoms with Crippen LogP contribution in [0.25, 0.3) is 0 Å². The van der Waals surface area contributed by atoms with E-state index >= 15 is 0 Å². The van der Waals surface area contributed by atoms with Crippen LogP contribution in [0.3, 0.4) is 0 Å². The molecule has 0 aromatic carbocycles. The SMILES string of the molecule is Cc1ncc(Cl)c(C2(N)CC2)n1. The van der Waals surface area contributed by atoms with Gasteiger partial charge in [-0.1, -0.05) is 11.6 Å². The fourth-order valence-corrected chi connectivity index (χ4v) is 1.46. The summed E-state index contributed by atoms with van der Waals surface area (Å²) in [5.41, 5.74) is 6.51. The van der Waals surface area contributed by atoms with Gasteiger partial charge in [0.15, 0.2) is 0 Å². The van der Waals surface area contributed by atoms with Crippen molar-refractivity contribution in [3.8, 4) is 0 Å². The van der Waals surface area contributed by atoms with Crippen molar-refractivity contribution >= 4 is 11.6 Å². The van der Waals surface area contributed by atoms with Crippen LogP contribution >= 0.6 is 11.6 Å². The third kappa shape index (κ3) is 1.19. The summed E-state index contributed by atoms with van der Waals surface area (Å²) in [5, 5.41) is 0.584. The molecule has 4 heteroatoms. The van der Waals surface area contributed by atoms with E-state index in [-0.39, 0.29) is 5.54 Å². The minimum absolute atomic E-state index is 0.259. The maximum Gasteiger partial charge on any atom is 0.125 e. The molecule has 12 heavy (non-hydrogen) atoms. The van der Waals surface area contributed by atoms with Gasteiger partial charge in [0.2, 0.25) is 0 Å². The Morgan fingerprint density at radius 2 is 2.25 bits per heavy atom. The van der Waals surface area contributed by atoms with E-state index < -0.39 is 0 Å². The maximum atomic E-state index is 5.96. The smallest absolute Gasteiger partial charge is 0.125 e. The minimum Gasteiger partial charge on any atom is -0.320 e. The van der Waals surface area contributed by atoms with Crippen molar-refractivity contribution in [3.05, 3.63) is 22.7 Å². The largest absolute Gasteiger partial charge is 0.320 e. The van der Waals surface area contributed by atoms with Crippen LogP contribution < -0.4 is 5.73 Å². The molecule has 1 aromatic heterocycles. The number of hydrogen-bond acceptors (Lipinski definition) is 3. The molecule has 1 aromatic rings. The summed E-state index contributed by atoms with van der Waals surface area (Å²) in [7, 11) is 0. The zero-order valence-corrected chi connectivity index (χ0v) is 7.60. The van der Waals surface area contributed by atoms with E-state index in [1.165, 1.54) is 0 Å². The molecule has 1 saturated carbocycles. The molecule has 0 spiro atoms. The third-order valence-electron chi connectivity index (χ3n) is 2.12. The normalized spacial score (nSPS) is 19.2. The molecule has 0 atom stereocenters. The van der Waals surface area contributed by atoms with Crippen molar-refractivity contribution in [3.63, 3.8) is 0 Å². The standard InChI is InChI=1S/C8H10ClN3/c1-5-11-4-6(9)7(12-5)8(10)2-3-8/h4H,2-3,10H2,1H3. The molecule has 2 N–H and O–H groups in total. The van der Waals surface area contributed by atoms with Crippen molar-refractivity contribution in [1.29, 1.82) is 0 Å². The summed E-state index contributed by atoms with van der Waals surface area (Å²) in [4.78, 5) is 8.22. The van der Waals surface area contributed by atoms with Gasteiger partial charge < -0.3 is 5.73 Å². The third-order valence-corrected chi connectivity index (χ3v) is 2.40. The van der Waals surface area contributed by atoms with Crippen molar-refractivity contribution in [2.75, 3.05) is 0 Å². The Balaban J connectivity index is 2.48. The molecule has 64 valence electrons. The topological polar surface area (TPSA) is 51.8 Å². The predicted molar refractivity (Wildman–Crippen MR) is 46.9 cm³/mol. The van der Waals surface area contributed by atoms with Crippen LogP contribution in [0.2, 0.25) is 5.02 Å². The summed E-state index contributed by atoms with van der Waals surface area (Å²) >= 11 is 5.92. The van der Waals surface area contributed by atoms with Gasteiger partial charge in [-0.15, -0.1) is 0 Å². The fraction of sp³-hybridized carbons (Fsp3) is 0.500. The van der Waals surface area contributed by atoms with E-state index in [9.17, 15) is 0 Å². The molecule has 0 radical (unpaired) electrons. The van der Waals surface area contributed by atoms with Crippen LogP contribution in [0.5, 0.6) is 0 Å². The molecule has 0 unspecified atom stereocenters. The molecule has 0 saturated heterocycles. The molecule has 1 aliphatic carbocycles. The summed E-state index contributed by atoms with van der Waals surface area (Å²) in [5.74, 6) is 0.728. The summed E-state index contributed by atoms with van der Waals surface area (Å²) in [6.45, 7) is 1.84. The number of halogens is 1. The van der Waals surface area contributed by atoms with Crippen LogP contribution in [0.4, 0.5) is 0 Å². The molecular weight excluding hydrogens is 174 g/mol. The average molecular weight is 184 g/mol. The van der Waals surface area contributed by atoms with E-state index in [1.807, 2.05) is 6.92 Å². The van der Waals surface area contributed by atoms with E-state index in [0.29, 0.717) is 5.02 Å². The van der Waals surface area contributed by atoms with Crippen LogP contribution in [0.15, 0.2) is 6.20 Å². The Labute approximate surface area is 76.0 Å². The van der Waals surface area contributed by atoms with E-state index in [0.717, 1.165) is 24.4 Å². The Morgan fingerprint density at radius 3 is 2.83 bits per heavy atom. The monoisotopic (exact) mass is 183 g/mol. The highest BCUT2D eigenvalue weighted by Gasteiger charge is 2.43. The zero-order chi connectivity index (χ0) is 8.77. The van der Waals surface area contributed by atoms with Crippen molar-refractivity contribution in [2.24, 2.45) is 5.73 Å². The van der Waals surface area contributed by atoms with E-state index in [4.69, 9.17) is 17.3 Å². The number of aryl methyl sites for hydroxylation is 1. The van der Waals surface area contributed by atoms with E-state index in [1.54, 1.807) is 6.20 Å². The number of aromatic nitrogens is 2. The molecule has 1 fully saturated rings. The first-order chi connectivity index (χ1) is 5.62. The first kappa shape index (κ1) is 7.95. The molecule has 3 nitrogen and oxygen atoms in total. The van der Waals surface area contributed by atoms with Gasteiger partial charge >= 0.3 is 0 Å². The van der Waals surface area contributed by atoms with Crippen molar-refractivity contribution in [1.82, 2.24) is 9.97 Å². The summed E-state index contributed by atoms with van der Waals surface area (Å²) < 4.78 is 0. The lowest BCUT2D eigenvalue weighted by Crippen LogP contribution is -2.21. The Kier molecular flexibility index (Phi) is 1.59. The highest BCUT2D eigenvalue weighted by atomic mass is 35.5. The van der Waals surface area contributed by atoms with Gasteiger partial charge in [0, 0.05) is 6.20 Å². The molecular formula is C8H10ClN3. The highest BCUT2D eigenvalue weighted by Crippen LogP contribution is 2.44. The number of hydrogen-bond donors (Lipinski definition) is 1. The van der Waals surface area contributed by atoms with Crippen LogP contribution in [-0.4, -0.2) is 9.97 Å². The highest BCUT2D eigenvalue weighted by molar-refractivity contribution is 6.31. The second kappa shape index (κ2) is 2.41. The number of rotatable bonds is 1. The minimum atomic E-state index is -0.259. The summed E-state index contributed by atoms with van der Waals surface area (Å²) in [6.07, 6.45) is 3.57. The molecule has 0 amide bonds. The lowest BCUT2D eigenvalue weighted by molar-refractivity contribution is 0.697. The van der Waals surface area contributed by atoms with Crippen LogP contribution in [-0.2, 0) is 5.54 Å². The van der Waals surface area contributed by atoms with Gasteiger partial charge in [-0.25, -0.2) is 9.97 Å². The summed E-state index contributed by atoms with van der Waals surface area (Å²) in [6, 6.07) is 0. The van der Waals surface area contributed by atoms with Gasteiger partial charge in [-0.2, -0.15) is 0 Å². The second-order valence-corrected chi connectivity index (χ2v) is 3.68. The van der Waals surface area contributed by atoms with Gasteiger partial charge in [-0.3, -0.25) is 0 Å². The fourth-order valence-electron chi connectivity index (χ4n) is 1.18. The number of nitrogens with two attached hydrogens (primary N) is 1.